The average molecular weight is 770 g/mol. The fraction of sp³-hybridized carbons (Fsp3) is 0.150. The van der Waals surface area contributed by atoms with Gasteiger partial charge in [-0.2, -0.15) is 0 Å². The molecule has 0 spiro atoms. The maximum Gasteiger partial charge on any atom is 0.0799 e. The Hall–Kier alpha value is -3.95. The summed E-state index contributed by atoms with van der Waals surface area (Å²) >= 11 is 0. The van der Waals surface area contributed by atoms with Crippen LogP contribution in [-0.2, 0) is 26.5 Å². The monoisotopic (exact) mass is 770 g/mol. The predicted octanol–water partition coefficient (Wildman–Crippen LogP) is 9.38. The number of pyridine rings is 2. The van der Waals surface area contributed by atoms with Gasteiger partial charge < -0.3 is 9.97 Å². The molecule has 4 aromatic carbocycles. The van der Waals surface area contributed by atoms with E-state index in [1.165, 1.54) is 5.19 Å². The zero-order chi connectivity index (χ0) is 32.8. The summed E-state index contributed by atoms with van der Waals surface area (Å²) < 4.78 is 26.0. The molecule has 0 aliphatic heterocycles. The standard InChI is InChI=1S/C22H24NSi.C18H14N.Ir/c1-17(18-11-7-5-8-12-18)20-15-21(19-13-9-6-10-14-19)23-16-22(20)24(2,3)4;1-3-7-15(8-4-1)13-16-11-12-19-18(14-16)17-9-5-2-6-10-17;/h5-13,15-17H,1-4H3;1-9,11-12,14H,13H2;/q2*-1;/i17D;13D2;. The molecule has 0 amide bonds. The second-order valence-electron chi connectivity index (χ2n) is 11.3. The molecule has 0 aliphatic rings. The van der Waals surface area contributed by atoms with E-state index in [0.717, 1.165) is 33.6 Å². The first kappa shape index (κ1) is 28.8. The maximum atomic E-state index is 9.17. The van der Waals surface area contributed by atoms with Gasteiger partial charge in [-0.05, 0) is 51.3 Å². The van der Waals surface area contributed by atoms with Crippen molar-refractivity contribution in [3.05, 3.63) is 174 Å². The van der Waals surface area contributed by atoms with E-state index < -0.39 is 20.3 Å². The van der Waals surface area contributed by atoms with Crippen LogP contribution in [0, 0.1) is 12.1 Å². The summed E-state index contributed by atoms with van der Waals surface area (Å²) in [6.45, 7) is 8.91. The van der Waals surface area contributed by atoms with Gasteiger partial charge in [0.1, 0.15) is 0 Å². The second-order valence-corrected chi connectivity index (χ2v) is 16.4. The second kappa shape index (κ2) is 15.7. The summed E-state index contributed by atoms with van der Waals surface area (Å²) in [6.07, 6.45) is 2.09. The Morgan fingerprint density at radius 1 is 0.705 bits per heavy atom. The summed E-state index contributed by atoms with van der Waals surface area (Å²) in [4.78, 5) is 9.02. The Balaban J connectivity index is 0.000000211. The van der Waals surface area contributed by atoms with Gasteiger partial charge >= 0.3 is 0 Å². The predicted molar refractivity (Wildman–Crippen MR) is 183 cm³/mol. The molecule has 2 nitrogen and oxygen atoms in total. The molecule has 1 unspecified atom stereocenters. The molecule has 0 aliphatic carbocycles. The van der Waals surface area contributed by atoms with Crippen LogP contribution < -0.4 is 5.19 Å². The van der Waals surface area contributed by atoms with E-state index in [1.807, 2.05) is 110 Å². The largest absolute Gasteiger partial charge is 0.305 e. The van der Waals surface area contributed by atoms with Crippen LogP contribution >= 0.6 is 0 Å². The summed E-state index contributed by atoms with van der Waals surface area (Å²) in [5, 5.41) is 1.24. The van der Waals surface area contributed by atoms with Crippen LogP contribution in [0.2, 0.25) is 19.6 Å². The van der Waals surface area contributed by atoms with Crippen molar-refractivity contribution in [2.45, 2.75) is 38.8 Å². The Morgan fingerprint density at radius 3 is 1.84 bits per heavy atom. The number of aromatic nitrogens is 2. The van der Waals surface area contributed by atoms with Crippen molar-refractivity contribution < 1.29 is 24.2 Å². The van der Waals surface area contributed by atoms with E-state index in [-0.39, 0.29) is 20.1 Å². The van der Waals surface area contributed by atoms with Gasteiger partial charge in [-0.15, -0.1) is 71.8 Å². The Kier molecular flexibility index (Phi) is 10.3. The first-order valence-electron chi connectivity index (χ1n) is 16.0. The van der Waals surface area contributed by atoms with Gasteiger partial charge in [-0.3, -0.25) is 0 Å². The van der Waals surface area contributed by atoms with E-state index in [9.17, 15) is 1.37 Å². The first-order chi connectivity index (χ1) is 22.0. The molecule has 0 saturated heterocycles. The molecule has 4 heteroatoms. The summed E-state index contributed by atoms with van der Waals surface area (Å²) in [5.74, 6) is -0.816. The molecule has 6 rings (SSSR count). The van der Waals surface area contributed by atoms with Crippen molar-refractivity contribution in [2.75, 3.05) is 0 Å². The summed E-state index contributed by atoms with van der Waals surface area (Å²) in [6, 6.07) is 46.7. The van der Waals surface area contributed by atoms with E-state index in [1.54, 1.807) is 30.5 Å². The average Bonchev–Trinajstić information content (AvgIpc) is 3.09. The van der Waals surface area contributed by atoms with Crippen LogP contribution in [0.4, 0.5) is 0 Å². The summed E-state index contributed by atoms with van der Waals surface area (Å²) in [5.41, 5.74) is 6.73. The molecular formula is C40H38IrN2Si-2. The van der Waals surface area contributed by atoms with Crippen molar-refractivity contribution in [2.24, 2.45) is 0 Å². The normalized spacial score (nSPS) is 13.5. The fourth-order valence-electron chi connectivity index (χ4n) is 4.80. The van der Waals surface area contributed by atoms with Gasteiger partial charge in [-0.1, -0.05) is 99.4 Å². The molecule has 1 radical (unpaired) electrons. The topological polar surface area (TPSA) is 25.8 Å². The van der Waals surface area contributed by atoms with Crippen molar-refractivity contribution in [3.8, 4) is 22.5 Å². The minimum Gasteiger partial charge on any atom is -0.305 e. The third kappa shape index (κ3) is 8.80. The van der Waals surface area contributed by atoms with E-state index in [0.29, 0.717) is 11.1 Å². The fourth-order valence-corrected chi connectivity index (χ4v) is 6.32. The number of rotatable bonds is 7. The number of hydrogen-bond donors (Lipinski definition) is 0. The van der Waals surface area contributed by atoms with Crippen LogP contribution in [0.15, 0.2) is 140 Å². The van der Waals surface area contributed by atoms with Gasteiger partial charge in [0.05, 0.1) is 8.07 Å². The first-order valence-corrected chi connectivity index (χ1v) is 18.0. The molecule has 0 saturated carbocycles. The number of benzene rings is 4. The molecule has 0 fully saturated rings. The SMILES string of the molecule is [2H]C(C)(c1ccccc1)c1cc(-c2[c-]cccc2)ncc1[Si](C)(C)C.[2H]C([2H])(c1ccccc1)c1ccnc(-c2[c-]cccc2)c1.[Ir]. The molecule has 2 heterocycles. The van der Waals surface area contributed by atoms with Crippen LogP contribution in [0.3, 0.4) is 0 Å². The number of hydrogen-bond acceptors (Lipinski definition) is 2. The van der Waals surface area contributed by atoms with Crippen molar-refractivity contribution >= 4 is 13.3 Å². The van der Waals surface area contributed by atoms with E-state index >= 15 is 0 Å². The Labute approximate surface area is 281 Å². The van der Waals surface area contributed by atoms with E-state index in [4.69, 9.17) is 7.73 Å². The number of nitrogens with zero attached hydrogens (tertiary/aromatic N) is 2. The quantitative estimate of drug-likeness (QED) is 0.120. The van der Waals surface area contributed by atoms with Gasteiger partial charge in [-0.25, -0.2) is 0 Å². The zero-order valence-corrected chi connectivity index (χ0v) is 28.9. The zero-order valence-electron chi connectivity index (χ0n) is 28.5. The third-order valence-corrected chi connectivity index (χ3v) is 9.13. The molecule has 1 atom stereocenters. The van der Waals surface area contributed by atoms with Crippen LogP contribution in [0.25, 0.3) is 22.5 Å². The van der Waals surface area contributed by atoms with Gasteiger partial charge in [0.2, 0.25) is 0 Å². The molecule has 0 bridgehead atoms. The van der Waals surface area contributed by atoms with Crippen molar-refractivity contribution in [3.63, 3.8) is 0 Å². The van der Waals surface area contributed by atoms with Gasteiger partial charge in [0.25, 0.3) is 0 Å². The van der Waals surface area contributed by atoms with Crippen molar-refractivity contribution in [1.82, 2.24) is 9.97 Å². The van der Waals surface area contributed by atoms with Crippen molar-refractivity contribution in [1.29, 1.82) is 0 Å². The molecule has 0 N–H and O–H groups in total. The molecule has 2 aromatic heterocycles. The van der Waals surface area contributed by atoms with Crippen LogP contribution in [0.5, 0.6) is 0 Å². The Bertz CT molecular complexity index is 1860. The van der Waals surface area contributed by atoms with Crippen LogP contribution in [0.1, 0.15) is 39.2 Å². The molecule has 223 valence electrons. The Morgan fingerprint density at radius 2 is 1.27 bits per heavy atom. The van der Waals surface area contributed by atoms with Crippen LogP contribution in [-0.4, -0.2) is 18.0 Å². The van der Waals surface area contributed by atoms with Gasteiger partial charge in [0.15, 0.2) is 0 Å². The smallest absolute Gasteiger partial charge is 0.0799 e. The molecular weight excluding hydrogens is 729 g/mol. The molecule has 44 heavy (non-hydrogen) atoms. The van der Waals surface area contributed by atoms with Gasteiger partial charge in [0, 0.05) is 42.5 Å². The minimum atomic E-state index is -1.64. The van der Waals surface area contributed by atoms with E-state index in [2.05, 4.69) is 42.8 Å². The minimum absolute atomic E-state index is 0. The third-order valence-electron chi connectivity index (χ3n) is 7.12. The summed E-state index contributed by atoms with van der Waals surface area (Å²) in [7, 11) is -1.64. The molecule has 6 aromatic rings. The maximum absolute atomic E-state index is 9.17.